The minimum atomic E-state index is -1.13. The Bertz CT molecular complexity index is 1320. The molecule has 2 aliphatic heterocycles. The average Bonchev–Trinajstić information content (AvgIpc) is 3.51. The monoisotopic (exact) mass is 526 g/mol. The van der Waals surface area contributed by atoms with Gasteiger partial charge in [0.05, 0.1) is 0 Å². The van der Waals surface area contributed by atoms with Crippen LogP contribution in [0.2, 0.25) is 0 Å². The molecule has 0 aromatic heterocycles. The minimum Gasteiger partial charge on any atom is -0.365 e. The molecule has 38 heavy (non-hydrogen) atoms. The molecule has 2 aromatic rings. The van der Waals surface area contributed by atoms with Gasteiger partial charge in [-0.25, -0.2) is 13.6 Å². The maximum absolute atomic E-state index is 13.8. The van der Waals surface area contributed by atoms with Gasteiger partial charge in [-0.2, -0.15) is 0 Å². The third-order valence-electron chi connectivity index (χ3n) is 7.63. The van der Waals surface area contributed by atoms with Gasteiger partial charge in [0.2, 0.25) is 5.91 Å². The normalized spacial score (nSPS) is 24.1. The lowest BCUT2D eigenvalue weighted by atomic mass is 9.95. The predicted molar refractivity (Wildman–Crippen MR) is 132 cm³/mol. The molecule has 2 fully saturated rings. The fraction of sp³-hybridized carbons (Fsp3) is 0.407. The number of amides is 5. The summed E-state index contributed by atoms with van der Waals surface area (Å²) < 4.78 is 33.3. The molecule has 1 aliphatic carbocycles. The SMILES string of the molecule is CN1C(=O)NC(=O)[C@@]12Cc1ccc(NC(=O)CN(Cc3cc(F)cc(F)c3)C(=O)C3(C)CCCO3)cc1C2. The lowest BCUT2D eigenvalue weighted by Crippen LogP contribution is -2.49. The van der Waals surface area contributed by atoms with Gasteiger partial charge in [0.25, 0.3) is 11.8 Å². The molecule has 2 saturated heterocycles. The van der Waals surface area contributed by atoms with Crippen LogP contribution in [0.3, 0.4) is 0 Å². The number of nitrogens with one attached hydrogen (secondary N) is 2. The van der Waals surface area contributed by atoms with Crippen LogP contribution in [0.5, 0.6) is 0 Å². The number of rotatable bonds is 6. The maximum atomic E-state index is 13.8. The number of anilines is 1. The number of halogens is 2. The van der Waals surface area contributed by atoms with Crippen LogP contribution in [0, 0.1) is 11.6 Å². The van der Waals surface area contributed by atoms with Gasteiger partial charge in [0.15, 0.2) is 0 Å². The van der Waals surface area contributed by atoms with Crippen molar-refractivity contribution in [1.82, 2.24) is 15.1 Å². The second kappa shape index (κ2) is 9.46. The number of nitrogens with zero attached hydrogens (tertiary/aromatic N) is 2. The van der Waals surface area contributed by atoms with Crippen molar-refractivity contribution < 1.29 is 32.7 Å². The minimum absolute atomic E-state index is 0.179. The summed E-state index contributed by atoms with van der Waals surface area (Å²) in [6.07, 6.45) is 1.84. The Balaban J connectivity index is 1.32. The molecule has 5 rings (SSSR count). The van der Waals surface area contributed by atoms with Crippen molar-refractivity contribution in [2.24, 2.45) is 0 Å². The van der Waals surface area contributed by atoms with E-state index in [-0.39, 0.29) is 24.6 Å². The van der Waals surface area contributed by atoms with Crippen LogP contribution in [0.1, 0.15) is 36.5 Å². The van der Waals surface area contributed by atoms with E-state index in [1.807, 2.05) is 0 Å². The number of likely N-dealkylation sites (N-methyl/N-ethyl adjacent to an activating group) is 1. The van der Waals surface area contributed by atoms with Crippen molar-refractivity contribution in [2.75, 3.05) is 25.5 Å². The number of carbonyl (C=O) groups is 4. The topological polar surface area (TPSA) is 108 Å². The molecule has 3 aliphatic rings. The van der Waals surface area contributed by atoms with Crippen LogP contribution in [0.4, 0.5) is 19.3 Å². The van der Waals surface area contributed by atoms with Gasteiger partial charge in [0, 0.05) is 44.8 Å². The van der Waals surface area contributed by atoms with Gasteiger partial charge >= 0.3 is 6.03 Å². The van der Waals surface area contributed by atoms with Gasteiger partial charge in [-0.3, -0.25) is 19.7 Å². The molecule has 1 spiro atoms. The van der Waals surface area contributed by atoms with Crippen LogP contribution in [-0.4, -0.2) is 64.9 Å². The molecule has 1 unspecified atom stereocenters. The van der Waals surface area contributed by atoms with Crippen LogP contribution in [0.15, 0.2) is 36.4 Å². The highest BCUT2D eigenvalue weighted by Crippen LogP contribution is 2.38. The molecule has 0 radical (unpaired) electrons. The van der Waals surface area contributed by atoms with Crippen molar-refractivity contribution in [3.8, 4) is 0 Å². The van der Waals surface area contributed by atoms with Crippen LogP contribution >= 0.6 is 0 Å². The third kappa shape index (κ3) is 4.62. The number of carbonyl (C=O) groups excluding carboxylic acids is 4. The molecule has 2 N–H and O–H groups in total. The molecule has 2 atom stereocenters. The first-order valence-electron chi connectivity index (χ1n) is 12.4. The lowest BCUT2D eigenvalue weighted by Gasteiger charge is -2.31. The van der Waals surface area contributed by atoms with E-state index in [1.54, 1.807) is 32.2 Å². The molecule has 2 heterocycles. The number of hydrogen-bond donors (Lipinski definition) is 2. The first kappa shape index (κ1) is 25.8. The predicted octanol–water partition coefficient (Wildman–Crippen LogP) is 2.52. The van der Waals surface area contributed by atoms with Crippen molar-refractivity contribution in [3.05, 3.63) is 64.7 Å². The summed E-state index contributed by atoms with van der Waals surface area (Å²) in [6.45, 7) is 1.52. The number of ether oxygens (including phenoxy) is 1. The number of hydrogen-bond acceptors (Lipinski definition) is 5. The highest BCUT2D eigenvalue weighted by Gasteiger charge is 2.54. The average molecular weight is 527 g/mol. The quantitative estimate of drug-likeness (QED) is 0.563. The number of imide groups is 1. The number of urea groups is 1. The summed E-state index contributed by atoms with van der Waals surface area (Å²) in [4.78, 5) is 53.6. The Morgan fingerprint density at radius 2 is 1.82 bits per heavy atom. The second-order valence-corrected chi connectivity index (χ2v) is 10.4. The van der Waals surface area contributed by atoms with Crippen LogP contribution in [0.25, 0.3) is 0 Å². The van der Waals surface area contributed by atoms with Gasteiger partial charge in [0.1, 0.15) is 29.3 Å². The number of benzene rings is 2. The zero-order valence-electron chi connectivity index (χ0n) is 21.1. The van der Waals surface area contributed by atoms with Crippen molar-refractivity contribution in [2.45, 2.75) is 50.3 Å². The molecular formula is C27H28F2N4O5. The highest BCUT2D eigenvalue weighted by atomic mass is 19.1. The Labute approximate surface area is 218 Å². The maximum Gasteiger partial charge on any atom is 0.324 e. The van der Waals surface area contributed by atoms with Gasteiger partial charge < -0.3 is 19.9 Å². The zero-order chi connectivity index (χ0) is 27.2. The zero-order valence-corrected chi connectivity index (χ0v) is 21.1. The van der Waals surface area contributed by atoms with E-state index >= 15 is 0 Å². The lowest BCUT2D eigenvalue weighted by molar-refractivity contribution is -0.153. The van der Waals surface area contributed by atoms with Crippen LogP contribution < -0.4 is 10.6 Å². The van der Waals surface area contributed by atoms with Crippen molar-refractivity contribution in [1.29, 1.82) is 0 Å². The molecule has 9 nitrogen and oxygen atoms in total. The summed E-state index contributed by atoms with van der Waals surface area (Å²) >= 11 is 0. The van der Waals surface area contributed by atoms with Crippen molar-refractivity contribution in [3.63, 3.8) is 0 Å². The summed E-state index contributed by atoms with van der Waals surface area (Å²) in [5, 5.41) is 5.13. The van der Waals surface area contributed by atoms with E-state index in [2.05, 4.69) is 10.6 Å². The standard InChI is InChI=1S/C27H28F2N4O5/c1-26(6-3-7-38-26)24(36)33(14-16-8-19(28)11-20(29)9-16)15-22(34)30-21-5-4-17-12-27(13-18(17)10-21)23(35)31-25(37)32(27)2/h4-5,8-11H,3,6-7,12-15H2,1-2H3,(H,30,34)(H,31,35,37)/t26?,27-/m0/s1. The van der Waals surface area contributed by atoms with Gasteiger partial charge in [-0.15, -0.1) is 0 Å². The molecule has 0 bridgehead atoms. The van der Waals surface area contributed by atoms with Crippen LogP contribution in [-0.2, 0) is 38.5 Å². The van der Waals surface area contributed by atoms with E-state index < -0.39 is 40.6 Å². The van der Waals surface area contributed by atoms with E-state index in [0.717, 1.165) is 29.3 Å². The Morgan fingerprint density at radius 3 is 2.45 bits per heavy atom. The summed E-state index contributed by atoms with van der Waals surface area (Å²) in [6, 6.07) is 7.79. The molecule has 2 aromatic carbocycles. The van der Waals surface area contributed by atoms with E-state index in [0.29, 0.717) is 38.0 Å². The first-order chi connectivity index (χ1) is 18.0. The third-order valence-corrected chi connectivity index (χ3v) is 7.63. The molecule has 5 amide bonds. The Morgan fingerprint density at radius 1 is 1.11 bits per heavy atom. The van der Waals surface area contributed by atoms with E-state index in [1.165, 1.54) is 9.80 Å². The summed E-state index contributed by atoms with van der Waals surface area (Å²) in [5.74, 6) is -2.85. The van der Waals surface area contributed by atoms with E-state index in [4.69, 9.17) is 4.74 Å². The van der Waals surface area contributed by atoms with Crippen molar-refractivity contribution >= 4 is 29.4 Å². The van der Waals surface area contributed by atoms with Gasteiger partial charge in [-0.1, -0.05) is 6.07 Å². The first-order valence-corrected chi connectivity index (χ1v) is 12.4. The summed E-state index contributed by atoms with van der Waals surface area (Å²) in [5.41, 5.74) is 0.291. The Kier molecular flexibility index (Phi) is 6.42. The highest BCUT2D eigenvalue weighted by molar-refractivity contribution is 6.07. The van der Waals surface area contributed by atoms with E-state index in [9.17, 15) is 28.0 Å². The summed E-state index contributed by atoms with van der Waals surface area (Å²) in [7, 11) is 1.58. The second-order valence-electron chi connectivity index (χ2n) is 10.4. The smallest absolute Gasteiger partial charge is 0.324 e. The fourth-order valence-corrected chi connectivity index (χ4v) is 5.55. The fourth-order valence-electron chi connectivity index (χ4n) is 5.55. The van der Waals surface area contributed by atoms with Gasteiger partial charge in [-0.05, 0) is 60.7 Å². The largest absolute Gasteiger partial charge is 0.365 e. The Hall–Kier alpha value is -3.86. The molecule has 0 saturated carbocycles. The molecular weight excluding hydrogens is 498 g/mol. The molecule has 200 valence electrons. The molecule has 11 heteroatoms. The number of fused-ring (bicyclic) bond motifs is 1.